The largest absolute Gasteiger partial charge is 0.394 e. The molecule has 3 N–H and O–H groups in total. The van der Waals surface area contributed by atoms with E-state index in [1.54, 1.807) is 0 Å². The molecule has 0 radical (unpaired) electrons. The molecule has 1 aromatic rings. The number of benzene rings is 1. The van der Waals surface area contributed by atoms with E-state index in [-0.39, 0.29) is 24.2 Å². The Morgan fingerprint density at radius 3 is 2.35 bits per heavy atom. The minimum Gasteiger partial charge on any atom is -0.394 e. The highest BCUT2D eigenvalue weighted by Gasteiger charge is 2.17. The molecule has 0 aliphatic heterocycles. The number of urea groups is 1. The van der Waals surface area contributed by atoms with Crippen LogP contribution in [-0.4, -0.2) is 23.3 Å². The summed E-state index contributed by atoms with van der Waals surface area (Å²) in [5, 5.41) is 14.8. The maximum absolute atomic E-state index is 11.7. The van der Waals surface area contributed by atoms with Gasteiger partial charge in [-0.25, -0.2) is 4.79 Å². The van der Waals surface area contributed by atoms with E-state index < -0.39 is 0 Å². The fourth-order valence-electron chi connectivity index (χ4n) is 1.45. The molecule has 94 valence electrons. The van der Waals surface area contributed by atoms with Crippen LogP contribution in [-0.2, 0) is 0 Å². The van der Waals surface area contributed by atoms with Gasteiger partial charge in [-0.3, -0.25) is 0 Å². The molecule has 1 rings (SSSR count). The second-order valence-electron chi connectivity index (χ2n) is 4.99. The van der Waals surface area contributed by atoms with Crippen LogP contribution in [0.5, 0.6) is 0 Å². The van der Waals surface area contributed by atoms with Gasteiger partial charge in [0.2, 0.25) is 0 Å². The van der Waals surface area contributed by atoms with Gasteiger partial charge in [0.15, 0.2) is 0 Å². The van der Waals surface area contributed by atoms with Crippen LogP contribution in [0, 0.1) is 0 Å². The summed E-state index contributed by atoms with van der Waals surface area (Å²) in [6.07, 6.45) is 0. The van der Waals surface area contributed by atoms with Gasteiger partial charge in [0, 0.05) is 5.54 Å². The zero-order valence-corrected chi connectivity index (χ0v) is 10.5. The van der Waals surface area contributed by atoms with Crippen molar-refractivity contribution in [2.45, 2.75) is 32.4 Å². The van der Waals surface area contributed by atoms with Gasteiger partial charge in [0.1, 0.15) is 0 Å². The number of nitrogens with one attached hydrogen (secondary N) is 2. The van der Waals surface area contributed by atoms with E-state index in [1.165, 1.54) is 0 Å². The Morgan fingerprint density at radius 2 is 1.88 bits per heavy atom. The highest BCUT2D eigenvalue weighted by Crippen LogP contribution is 2.11. The molecule has 0 bridgehead atoms. The lowest BCUT2D eigenvalue weighted by atomic mass is 10.1. The topological polar surface area (TPSA) is 61.4 Å². The SMILES string of the molecule is CC(C)(C)NC(=O)N[C@@H](CO)c1ccccc1. The first-order valence-corrected chi connectivity index (χ1v) is 5.67. The van der Waals surface area contributed by atoms with Gasteiger partial charge in [-0.15, -0.1) is 0 Å². The van der Waals surface area contributed by atoms with Crippen molar-refractivity contribution >= 4 is 6.03 Å². The summed E-state index contributed by atoms with van der Waals surface area (Å²) >= 11 is 0. The highest BCUT2D eigenvalue weighted by atomic mass is 16.3. The molecule has 0 spiro atoms. The maximum atomic E-state index is 11.7. The van der Waals surface area contributed by atoms with E-state index in [4.69, 9.17) is 0 Å². The zero-order valence-electron chi connectivity index (χ0n) is 10.5. The predicted octanol–water partition coefficient (Wildman–Crippen LogP) is 1.82. The molecule has 1 aromatic carbocycles. The lowest BCUT2D eigenvalue weighted by Gasteiger charge is -2.23. The Kier molecular flexibility index (Phi) is 4.52. The van der Waals surface area contributed by atoms with Crippen LogP contribution >= 0.6 is 0 Å². The summed E-state index contributed by atoms with van der Waals surface area (Å²) in [6, 6.07) is 8.74. The number of hydrogen-bond donors (Lipinski definition) is 3. The van der Waals surface area contributed by atoms with Crippen LogP contribution in [0.3, 0.4) is 0 Å². The summed E-state index contributed by atoms with van der Waals surface area (Å²) < 4.78 is 0. The fourth-order valence-corrected chi connectivity index (χ4v) is 1.45. The summed E-state index contributed by atoms with van der Waals surface area (Å²) in [4.78, 5) is 11.7. The molecule has 0 fully saturated rings. The van der Waals surface area contributed by atoms with Crippen LogP contribution in [0.1, 0.15) is 32.4 Å². The molecular weight excluding hydrogens is 216 g/mol. The Labute approximate surface area is 102 Å². The first kappa shape index (κ1) is 13.5. The Hall–Kier alpha value is -1.55. The number of amides is 2. The Bertz CT molecular complexity index is 357. The van der Waals surface area contributed by atoms with Crippen molar-refractivity contribution in [1.82, 2.24) is 10.6 Å². The highest BCUT2D eigenvalue weighted by molar-refractivity contribution is 5.75. The maximum Gasteiger partial charge on any atom is 0.315 e. The first-order chi connectivity index (χ1) is 7.92. The van der Waals surface area contributed by atoms with Gasteiger partial charge in [0.05, 0.1) is 12.6 Å². The third-order valence-corrected chi connectivity index (χ3v) is 2.18. The molecule has 0 aliphatic carbocycles. The van der Waals surface area contributed by atoms with Crippen molar-refractivity contribution in [2.75, 3.05) is 6.61 Å². The van der Waals surface area contributed by atoms with E-state index in [9.17, 15) is 9.90 Å². The normalized spacial score (nSPS) is 12.9. The fraction of sp³-hybridized carbons (Fsp3) is 0.462. The predicted molar refractivity (Wildman–Crippen MR) is 67.7 cm³/mol. The number of carbonyl (C=O) groups is 1. The van der Waals surface area contributed by atoms with Crippen LogP contribution in [0.15, 0.2) is 30.3 Å². The second kappa shape index (κ2) is 5.68. The number of carbonyl (C=O) groups excluding carboxylic acids is 1. The molecule has 17 heavy (non-hydrogen) atoms. The number of rotatable bonds is 3. The van der Waals surface area contributed by atoms with Crippen LogP contribution in [0.25, 0.3) is 0 Å². The van der Waals surface area contributed by atoms with Gasteiger partial charge in [-0.05, 0) is 26.3 Å². The molecule has 0 heterocycles. The van der Waals surface area contributed by atoms with Crippen molar-refractivity contribution in [3.8, 4) is 0 Å². The van der Waals surface area contributed by atoms with Gasteiger partial charge >= 0.3 is 6.03 Å². The second-order valence-corrected chi connectivity index (χ2v) is 4.99. The summed E-state index contributed by atoms with van der Waals surface area (Å²) in [5.74, 6) is 0. The quantitative estimate of drug-likeness (QED) is 0.749. The number of hydrogen-bond acceptors (Lipinski definition) is 2. The molecule has 4 heteroatoms. The van der Waals surface area contributed by atoms with E-state index in [0.29, 0.717) is 0 Å². The average Bonchev–Trinajstić information content (AvgIpc) is 2.24. The molecule has 2 amide bonds. The molecule has 4 nitrogen and oxygen atoms in total. The number of aliphatic hydroxyl groups is 1. The number of aliphatic hydroxyl groups excluding tert-OH is 1. The lowest BCUT2D eigenvalue weighted by Crippen LogP contribution is -2.47. The molecule has 0 aliphatic rings. The zero-order chi connectivity index (χ0) is 12.9. The van der Waals surface area contributed by atoms with Crippen LogP contribution in [0.4, 0.5) is 4.79 Å². The van der Waals surface area contributed by atoms with Crippen molar-refractivity contribution < 1.29 is 9.90 Å². The monoisotopic (exact) mass is 236 g/mol. The molecule has 1 atom stereocenters. The summed E-state index contributed by atoms with van der Waals surface area (Å²) in [5.41, 5.74) is 0.597. The van der Waals surface area contributed by atoms with Crippen LogP contribution < -0.4 is 10.6 Å². The smallest absolute Gasteiger partial charge is 0.315 e. The Balaban J connectivity index is 2.62. The molecular formula is C13H20N2O2. The molecule has 0 saturated heterocycles. The molecule has 0 aromatic heterocycles. The van der Waals surface area contributed by atoms with Crippen molar-refractivity contribution in [2.24, 2.45) is 0 Å². The Morgan fingerprint density at radius 1 is 1.29 bits per heavy atom. The van der Waals surface area contributed by atoms with E-state index in [2.05, 4.69) is 10.6 Å². The third kappa shape index (κ3) is 4.87. The van der Waals surface area contributed by atoms with E-state index >= 15 is 0 Å². The minimum absolute atomic E-state index is 0.123. The van der Waals surface area contributed by atoms with Crippen molar-refractivity contribution in [3.05, 3.63) is 35.9 Å². The third-order valence-electron chi connectivity index (χ3n) is 2.18. The molecule has 0 saturated carbocycles. The van der Waals surface area contributed by atoms with Gasteiger partial charge in [-0.2, -0.15) is 0 Å². The minimum atomic E-state index is -0.376. The van der Waals surface area contributed by atoms with Gasteiger partial charge in [-0.1, -0.05) is 30.3 Å². The average molecular weight is 236 g/mol. The summed E-state index contributed by atoms with van der Waals surface area (Å²) in [7, 11) is 0. The molecule has 0 unspecified atom stereocenters. The summed E-state index contributed by atoms with van der Waals surface area (Å²) in [6.45, 7) is 5.59. The standard InChI is InChI=1S/C13H20N2O2/c1-13(2,3)15-12(17)14-11(9-16)10-7-5-4-6-8-10/h4-8,11,16H,9H2,1-3H3,(H2,14,15,17)/t11-/m0/s1. The van der Waals surface area contributed by atoms with E-state index in [0.717, 1.165) is 5.56 Å². The first-order valence-electron chi connectivity index (χ1n) is 5.67. The van der Waals surface area contributed by atoms with Gasteiger partial charge in [0.25, 0.3) is 0 Å². The lowest BCUT2D eigenvalue weighted by molar-refractivity contribution is 0.210. The van der Waals surface area contributed by atoms with Crippen molar-refractivity contribution in [1.29, 1.82) is 0 Å². The van der Waals surface area contributed by atoms with Crippen LogP contribution in [0.2, 0.25) is 0 Å². The van der Waals surface area contributed by atoms with Crippen molar-refractivity contribution in [3.63, 3.8) is 0 Å². The van der Waals surface area contributed by atoms with Gasteiger partial charge < -0.3 is 15.7 Å². The van der Waals surface area contributed by atoms with E-state index in [1.807, 2.05) is 51.1 Å².